The minimum absolute atomic E-state index is 0.170. The van der Waals surface area contributed by atoms with E-state index in [9.17, 15) is 4.79 Å². The van der Waals surface area contributed by atoms with E-state index in [-0.39, 0.29) is 11.7 Å². The third kappa shape index (κ3) is 3.21. The van der Waals surface area contributed by atoms with Crippen molar-refractivity contribution in [2.45, 2.75) is 6.04 Å². The van der Waals surface area contributed by atoms with Crippen molar-refractivity contribution in [3.63, 3.8) is 0 Å². The Labute approximate surface area is 144 Å². The van der Waals surface area contributed by atoms with Crippen LogP contribution in [0.2, 0.25) is 0 Å². The molecule has 126 valence electrons. The first kappa shape index (κ1) is 15.3. The molecule has 0 spiro atoms. The number of amides is 1. The number of ether oxygens (including phenoxy) is 2. The van der Waals surface area contributed by atoms with E-state index in [0.717, 1.165) is 16.5 Å². The van der Waals surface area contributed by atoms with Crippen LogP contribution in [-0.2, 0) is 14.3 Å². The summed E-state index contributed by atoms with van der Waals surface area (Å²) >= 11 is 0. The highest BCUT2D eigenvalue weighted by Gasteiger charge is 2.24. The Kier molecular flexibility index (Phi) is 4.12. The summed E-state index contributed by atoms with van der Waals surface area (Å²) in [4.78, 5) is 12.5. The molecule has 0 saturated carbocycles. The maximum absolute atomic E-state index is 12.5. The average Bonchev–Trinajstić information content (AvgIpc) is 3.11. The van der Waals surface area contributed by atoms with Gasteiger partial charge in [-0.2, -0.15) is 0 Å². The van der Waals surface area contributed by atoms with Gasteiger partial charge < -0.3 is 19.2 Å². The van der Waals surface area contributed by atoms with E-state index < -0.39 is 6.04 Å². The molecule has 2 heterocycles. The van der Waals surface area contributed by atoms with Crippen molar-refractivity contribution in [2.75, 3.05) is 13.2 Å². The second-order valence-corrected chi connectivity index (χ2v) is 5.71. The molecule has 0 aliphatic carbocycles. The molecular weight excluding hydrogens is 318 g/mol. The summed E-state index contributed by atoms with van der Waals surface area (Å²) in [7, 11) is 0. The quantitative estimate of drug-likeness (QED) is 0.792. The van der Waals surface area contributed by atoms with Crippen LogP contribution in [0, 0.1) is 0 Å². The molecule has 0 bridgehead atoms. The van der Waals surface area contributed by atoms with Crippen molar-refractivity contribution in [2.24, 2.45) is 0 Å². The Bertz CT molecular complexity index is 881. The molecule has 3 aromatic rings. The van der Waals surface area contributed by atoms with Crippen LogP contribution in [0.15, 0.2) is 77.1 Å². The van der Waals surface area contributed by atoms with E-state index >= 15 is 0 Å². The Balaban J connectivity index is 1.69. The molecule has 1 atom stereocenters. The molecule has 5 heteroatoms. The predicted molar refractivity (Wildman–Crippen MR) is 92.6 cm³/mol. The van der Waals surface area contributed by atoms with E-state index in [1.165, 1.54) is 6.26 Å². The number of para-hydroxylation sites is 1. The van der Waals surface area contributed by atoms with E-state index in [2.05, 4.69) is 5.32 Å². The van der Waals surface area contributed by atoms with Crippen LogP contribution in [0.5, 0.6) is 0 Å². The van der Waals surface area contributed by atoms with E-state index in [1.807, 2.05) is 60.7 Å². The summed E-state index contributed by atoms with van der Waals surface area (Å²) in [5.74, 6) is 0.496. The fourth-order valence-electron chi connectivity index (χ4n) is 2.80. The van der Waals surface area contributed by atoms with Crippen LogP contribution in [-0.4, -0.2) is 19.1 Å². The number of rotatable bonds is 4. The van der Waals surface area contributed by atoms with Crippen molar-refractivity contribution in [1.29, 1.82) is 0 Å². The van der Waals surface area contributed by atoms with E-state index in [4.69, 9.17) is 13.9 Å². The van der Waals surface area contributed by atoms with Gasteiger partial charge in [-0.15, -0.1) is 0 Å². The van der Waals surface area contributed by atoms with Crippen molar-refractivity contribution >= 4 is 16.9 Å². The molecule has 0 radical (unpaired) electrons. The van der Waals surface area contributed by atoms with E-state index in [0.29, 0.717) is 19.0 Å². The minimum atomic E-state index is -0.424. The zero-order valence-electron chi connectivity index (χ0n) is 13.5. The molecule has 1 amide bonds. The topological polar surface area (TPSA) is 60.7 Å². The van der Waals surface area contributed by atoms with Gasteiger partial charge in [0.25, 0.3) is 5.91 Å². The van der Waals surface area contributed by atoms with Crippen LogP contribution in [0.1, 0.15) is 17.4 Å². The van der Waals surface area contributed by atoms with Gasteiger partial charge in [-0.05, 0) is 17.7 Å². The van der Waals surface area contributed by atoms with Crippen LogP contribution >= 0.6 is 0 Å². The highest BCUT2D eigenvalue weighted by Crippen LogP contribution is 2.28. The van der Waals surface area contributed by atoms with Crippen molar-refractivity contribution in [3.05, 3.63) is 84.0 Å². The average molecular weight is 335 g/mol. The third-order valence-electron chi connectivity index (χ3n) is 4.01. The number of carbonyl (C=O) groups is 1. The second-order valence-electron chi connectivity index (χ2n) is 5.71. The second kappa shape index (κ2) is 6.73. The Morgan fingerprint density at radius 1 is 1.00 bits per heavy atom. The van der Waals surface area contributed by atoms with Crippen LogP contribution in [0.3, 0.4) is 0 Å². The standard InChI is InChI=1S/C20H17NO4/c22-20(18-13-23-10-11-24-18)21-19(14-6-2-1-3-7-14)17-12-15-8-4-5-9-16(15)25-17/h1-9,12-13,19H,10-11H2,(H,21,22)/t19-/m1/s1. The number of hydrogen-bond acceptors (Lipinski definition) is 4. The van der Waals surface area contributed by atoms with Gasteiger partial charge in [-0.1, -0.05) is 48.5 Å². The molecule has 5 nitrogen and oxygen atoms in total. The molecule has 0 saturated heterocycles. The number of carbonyl (C=O) groups excluding carboxylic acids is 1. The van der Waals surface area contributed by atoms with Gasteiger partial charge in [0.2, 0.25) is 5.76 Å². The fraction of sp³-hybridized carbons (Fsp3) is 0.150. The highest BCUT2D eigenvalue weighted by molar-refractivity contribution is 5.92. The summed E-state index contributed by atoms with van der Waals surface area (Å²) in [6.07, 6.45) is 1.35. The van der Waals surface area contributed by atoms with Crippen molar-refractivity contribution in [3.8, 4) is 0 Å². The maximum Gasteiger partial charge on any atom is 0.290 e. The summed E-state index contributed by atoms with van der Waals surface area (Å²) in [5.41, 5.74) is 1.70. The Hall–Kier alpha value is -3.21. The monoisotopic (exact) mass is 335 g/mol. The number of fused-ring (bicyclic) bond motifs is 1. The van der Waals surface area contributed by atoms with Gasteiger partial charge >= 0.3 is 0 Å². The van der Waals surface area contributed by atoms with Crippen molar-refractivity contribution in [1.82, 2.24) is 5.32 Å². The lowest BCUT2D eigenvalue weighted by molar-refractivity contribution is -0.122. The maximum atomic E-state index is 12.5. The molecule has 4 rings (SSSR count). The molecule has 0 unspecified atom stereocenters. The van der Waals surface area contributed by atoms with Crippen molar-refractivity contribution < 1.29 is 18.7 Å². The summed E-state index contributed by atoms with van der Waals surface area (Å²) in [6.45, 7) is 0.808. The number of hydrogen-bond donors (Lipinski definition) is 1. The molecule has 1 aliphatic heterocycles. The summed E-state index contributed by atoms with van der Waals surface area (Å²) < 4.78 is 16.5. The first-order chi connectivity index (χ1) is 12.3. The van der Waals surface area contributed by atoms with Gasteiger partial charge in [0.15, 0.2) is 0 Å². The first-order valence-corrected chi connectivity index (χ1v) is 8.10. The van der Waals surface area contributed by atoms with E-state index in [1.54, 1.807) is 0 Å². The molecule has 1 aromatic heterocycles. The molecule has 1 aliphatic rings. The fourth-order valence-corrected chi connectivity index (χ4v) is 2.80. The molecule has 1 N–H and O–H groups in total. The summed E-state index contributed by atoms with van der Waals surface area (Å²) in [5, 5.41) is 3.96. The van der Waals surface area contributed by atoms with Crippen LogP contribution in [0.4, 0.5) is 0 Å². The number of nitrogens with one attached hydrogen (secondary N) is 1. The lowest BCUT2D eigenvalue weighted by atomic mass is 10.0. The van der Waals surface area contributed by atoms with Gasteiger partial charge in [-0.3, -0.25) is 4.79 Å². The lowest BCUT2D eigenvalue weighted by Crippen LogP contribution is -2.32. The first-order valence-electron chi connectivity index (χ1n) is 8.10. The number of benzene rings is 2. The zero-order valence-corrected chi connectivity index (χ0v) is 13.5. The lowest BCUT2D eigenvalue weighted by Gasteiger charge is -2.20. The van der Waals surface area contributed by atoms with Crippen LogP contribution in [0.25, 0.3) is 11.0 Å². The SMILES string of the molecule is O=C(N[C@H](c1ccccc1)c1cc2ccccc2o1)C1=COCCO1. The minimum Gasteiger partial charge on any atom is -0.494 e. The highest BCUT2D eigenvalue weighted by atomic mass is 16.6. The Morgan fingerprint density at radius 2 is 1.80 bits per heavy atom. The number of furan rings is 1. The Morgan fingerprint density at radius 3 is 2.56 bits per heavy atom. The normalized spacial score (nSPS) is 15.0. The smallest absolute Gasteiger partial charge is 0.290 e. The third-order valence-corrected chi connectivity index (χ3v) is 4.01. The van der Waals surface area contributed by atoms with Gasteiger partial charge in [-0.25, -0.2) is 0 Å². The molecule has 25 heavy (non-hydrogen) atoms. The summed E-state index contributed by atoms with van der Waals surface area (Å²) in [6, 6.07) is 19.0. The zero-order chi connectivity index (χ0) is 17.1. The largest absolute Gasteiger partial charge is 0.494 e. The van der Waals surface area contributed by atoms with Gasteiger partial charge in [0, 0.05) is 5.39 Å². The predicted octanol–water partition coefficient (Wildman–Crippen LogP) is 3.53. The van der Waals surface area contributed by atoms with Gasteiger partial charge in [0.1, 0.15) is 36.9 Å². The molecular formula is C20H17NO4. The van der Waals surface area contributed by atoms with Crippen LogP contribution < -0.4 is 5.32 Å². The molecule has 2 aromatic carbocycles. The molecule has 0 fully saturated rings. The van der Waals surface area contributed by atoms with Gasteiger partial charge in [0.05, 0.1) is 0 Å².